The van der Waals surface area contributed by atoms with E-state index in [4.69, 9.17) is 4.74 Å². The summed E-state index contributed by atoms with van der Waals surface area (Å²) in [6, 6.07) is 9.33. The average Bonchev–Trinajstić information content (AvgIpc) is 2.45. The molecule has 0 spiro atoms. The van der Waals surface area contributed by atoms with Crippen LogP contribution in [0.25, 0.3) is 0 Å². The van der Waals surface area contributed by atoms with Gasteiger partial charge in [0.25, 0.3) is 0 Å². The fourth-order valence-electron chi connectivity index (χ4n) is 2.83. The zero-order valence-electron chi connectivity index (χ0n) is 13.3. The van der Waals surface area contributed by atoms with Crippen molar-refractivity contribution < 1.29 is 9.13 Å². The lowest BCUT2D eigenvalue weighted by Crippen LogP contribution is -2.21. The smallest absolute Gasteiger partial charge is 0.131 e. The van der Waals surface area contributed by atoms with E-state index in [1.165, 1.54) is 0 Å². The Labute approximate surface area is 126 Å². The van der Waals surface area contributed by atoms with Crippen molar-refractivity contribution in [1.29, 1.82) is 0 Å². The predicted molar refractivity (Wildman–Crippen MR) is 84.5 cm³/mol. The normalized spacial score (nSPS) is 12.3. The first-order valence-corrected chi connectivity index (χ1v) is 7.07. The fourth-order valence-corrected chi connectivity index (χ4v) is 2.83. The number of aryl methyl sites for hydroxylation is 3. The molecule has 2 nitrogen and oxygen atoms in total. The number of rotatable bonds is 4. The van der Waals surface area contributed by atoms with Crippen LogP contribution in [0.3, 0.4) is 0 Å². The molecule has 0 bridgehead atoms. The van der Waals surface area contributed by atoms with Crippen LogP contribution in [0.15, 0.2) is 30.3 Å². The summed E-state index contributed by atoms with van der Waals surface area (Å²) in [6.45, 7) is 5.84. The third-order valence-corrected chi connectivity index (χ3v) is 3.82. The van der Waals surface area contributed by atoms with Gasteiger partial charge in [-0.25, -0.2) is 4.39 Å². The summed E-state index contributed by atoms with van der Waals surface area (Å²) in [5.74, 6) is 0.617. The Morgan fingerprint density at radius 2 is 1.81 bits per heavy atom. The molecule has 0 saturated heterocycles. The maximum absolute atomic E-state index is 14.5. The first-order chi connectivity index (χ1) is 9.99. The second kappa shape index (κ2) is 6.27. The van der Waals surface area contributed by atoms with Gasteiger partial charge in [-0.05, 0) is 50.6 Å². The molecular weight excluding hydrogens is 265 g/mol. The highest BCUT2D eigenvalue weighted by molar-refractivity contribution is 5.49. The third-order valence-electron chi connectivity index (χ3n) is 3.82. The van der Waals surface area contributed by atoms with Gasteiger partial charge in [0.2, 0.25) is 0 Å². The highest BCUT2D eigenvalue weighted by Crippen LogP contribution is 2.35. The van der Waals surface area contributed by atoms with Gasteiger partial charge in [-0.2, -0.15) is 0 Å². The molecule has 21 heavy (non-hydrogen) atoms. The first kappa shape index (κ1) is 15.5. The molecule has 0 aliphatic rings. The van der Waals surface area contributed by atoms with Gasteiger partial charge in [0, 0.05) is 11.1 Å². The summed E-state index contributed by atoms with van der Waals surface area (Å²) < 4.78 is 20.0. The van der Waals surface area contributed by atoms with E-state index in [1.807, 2.05) is 39.1 Å². The highest BCUT2D eigenvalue weighted by atomic mass is 19.1. The Balaban J connectivity index is 2.64. The lowest BCUT2D eigenvalue weighted by molar-refractivity contribution is 0.403. The summed E-state index contributed by atoms with van der Waals surface area (Å²) in [4.78, 5) is 0. The molecule has 2 rings (SSSR count). The standard InChI is InChI=1S/C18H22FNO/c1-11-9-13(3)16(15(10-11)21-5)18(20-4)14-8-6-7-12(2)17(14)19/h6-10,18,20H,1-5H3. The van der Waals surface area contributed by atoms with Crippen LogP contribution in [-0.2, 0) is 0 Å². The van der Waals surface area contributed by atoms with E-state index in [0.29, 0.717) is 11.1 Å². The Bertz CT molecular complexity index is 652. The minimum atomic E-state index is -0.236. The van der Waals surface area contributed by atoms with E-state index in [1.54, 1.807) is 20.1 Å². The Hall–Kier alpha value is -1.87. The average molecular weight is 287 g/mol. The molecule has 1 unspecified atom stereocenters. The minimum Gasteiger partial charge on any atom is -0.496 e. The maximum Gasteiger partial charge on any atom is 0.131 e. The molecule has 0 aliphatic carbocycles. The van der Waals surface area contributed by atoms with Crippen molar-refractivity contribution in [3.05, 3.63) is 64.0 Å². The molecule has 0 aromatic heterocycles. The highest BCUT2D eigenvalue weighted by Gasteiger charge is 2.22. The molecule has 112 valence electrons. The SMILES string of the molecule is CNC(c1cccc(C)c1F)c1c(C)cc(C)cc1OC. The predicted octanol–water partition coefficient (Wildman–Crippen LogP) is 4.07. The molecule has 1 N–H and O–H groups in total. The Morgan fingerprint density at radius 1 is 1.10 bits per heavy atom. The zero-order chi connectivity index (χ0) is 15.6. The molecule has 2 aromatic rings. The van der Waals surface area contributed by atoms with E-state index in [2.05, 4.69) is 11.4 Å². The number of nitrogens with one attached hydrogen (secondary N) is 1. The van der Waals surface area contributed by atoms with Crippen LogP contribution in [0.1, 0.15) is 33.9 Å². The van der Waals surface area contributed by atoms with Crippen molar-refractivity contribution in [2.24, 2.45) is 0 Å². The number of halogens is 1. The van der Waals surface area contributed by atoms with Crippen molar-refractivity contribution in [3.63, 3.8) is 0 Å². The van der Waals surface area contributed by atoms with Gasteiger partial charge < -0.3 is 10.1 Å². The van der Waals surface area contributed by atoms with Crippen LogP contribution < -0.4 is 10.1 Å². The van der Waals surface area contributed by atoms with Gasteiger partial charge >= 0.3 is 0 Å². The van der Waals surface area contributed by atoms with E-state index in [9.17, 15) is 4.39 Å². The monoisotopic (exact) mass is 287 g/mol. The molecule has 1 atom stereocenters. The van der Waals surface area contributed by atoms with Crippen molar-refractivity contribution in [3.8, 4) is 5.75 Å². The second-order valence-corrected chi connectivity index (χ2v) is 5.40. The summed E-state index contributed by atoms with van der Waals surface area (Å²) >= 11 is 0. The van der Waals surface area contributed by atoms with Crippen LogP contribution in [0, 0.1) is 26.6 Å². The van der Waals surface area contributed by atoms with Gasteiger partial charge in [0.05, 0.1) is 13.2 Å². The lowest BCUT2D eigenvalue weighted by Gasteiger charge is -2.23. The Kier molecular flexibility index (Phi) is 4.63. The number of hydrogen-bond donors (Lipinski definition) is 1. The van der Waals surface area contributed by atoms with Crippen molar-refractivity contribution in [2.45, 2.75) is 26.8 Å². The van der Waals surface area contributed by atoms with Crippen molar-refractivity contribution in [1.82, 2.24) is 5.32 Å². The second-order valence-electron chi connectivity index (χ2n) is 5.40. The van der Waals surface area contributed by atoms with Crippen LogP contribution in [0.5, 0.6) is 5.75 Å². The molecule has 0 heterocycles. The van der Waals surface area contributed by atoms with Crippen LogP contribution in [0.2, 0.25) is 0 Å². The van der Waals surface area contributed by atoms with Crippen molar-refractivity contribution in [2.75, 3.05) is 14.2 Å². The molecule has 0 radical (unpaired) electrons. The summed E-state index contributed by atoms with van der Waals surface area (Å²) in [5.41, 5.74) is 4.49. The summed E-state index contributed by atoms with van der Waals surface area (Å²) in [7, 11) is 3.49. The number of hydrogen-bond acceptors (Lipinski definition) is 2. The Morgan fingerprint density at radius 3 is 2.43 bits per heavy atom. The van der Waals surface area contributed by atoms with Crippen LogP contribution in [0.4, 0.5) is 4.39 Å². The molecular formula is C18H22FNO. The molecule has 0 fully saturated rings. The van der Waals surface area contributed by atoms with Gasteiger partial charge in [0.15, 0.2) is 0 Å². The molecule has 2 aromatic carbocycles. The molecule has 0 amide bonds. The first-order valence-electron chi connectivity index (χ1n) is 7.07. The largest absolute Gasteiger partial charge is 0.496 e. The zero-order valence-corrected chi connectivity index (χ0v) is 13.3. The maximum atomic E-state index is 14.5. The van der Waals surface area contributed by atoms with Crippen LogP contribution >= 0.6 is 0 Å². The third kappa shape index (κ3) is 2.93. The van der Waals surface area contributed by atoms with Gasteiger partial charge in [-0.3, -0.25) is 0 Å². The molecule has 0 saturated carbocycles. The quantitative estimate of drug-likeness (QED) is 0.915. The fraction of sp³-hybridized carbons (Fsp3) is 0.333. The van der Waals surface area contributed by atoms with E-state index in [0.717, 1.165) is 22.4 Å². The van der Waals surface area contributed by atoms with Gasteiger partial charge in [-0.15, -0.1) is 0 Å². The van der Waals surface area contributed by atoms with E-state index in [-0.39, 0.29) is 11.9 Å². The number of methoxy groups -OCH3 is 1. The number of benzene rings is 2. The van der Waals surface area contributed by atoms with E-state index < -0.39 is 0 Å². The van der Waals surface area contributed by atoms with Crippen LogP contribution in [-0.4, -0.2) is 14.2 Å². The molecule has 3 heteroatoms. The van der Waals surface area contributed by atoms with E-state index >= 15 is 0 Å². The molecule has 0 aliphatic heterocycles. The number of ether oxygens (including phenoxy) is 1. The van der Waals surface area contributed by atoms with Gasteiger partial charge in [0.1, 0.15) is 11.6 Å². The van der Waals surface area contributed by atoms with Crippen molar-refractivity contribution >= 4 is 0 Å². The minimum absolute atomic E-state index is 0.168. The topological polar surface area (TPSA) is 21.3 Å². The lowest BCUT2D eigenvalue weighted by atomic mass is 9.91. The van der Waals surface area contributed by atoms with Gasteiger partial charge in [-0.1, -0.05) is 24.3 Å². The summed E-state index contributed by atoms with van der Waals surface area (Å²) in [5, 5.41) is 3.22. The summed E-state index contributed by atoms with van der Waals surface area (Å²) in [6.07, 6.45) is 0.